The maximum absolute atomic E-state index is 12.5. The minimum Gasteiger partial charge on any atom is -0.494 e. The van der Waals surface area contributed by atoms with Crippen LogP contribution in [0.25, 0.3) is 11.6 Å². The molecule has 6 heteroatoms. The number of benzene rings is 1. The maximum atomic E-state index is 12.5. The van der Waals surface area contributed by atoms with Crippen LogP contribution in [0.15, 0.2) is 42.6 Å². The van der Waals surface area contributed by atoms with E-state index in [1.54, 1.807) is 30.3 Å². The van der Waals surface area contributed by atoms with Crippen LogP contribution in [0.5, 0.6) is 5.75 Å². The second-order valence-corrected chi connectivity index (χ2v) is 4.61. The fraction of sp³-hybridized carbons (Fsp3) is 0.176. The van der Waals surface area contributed by atoms with E-state index in [1.165, 1.54) is 6.07 Å². The SMILES string of the molecule is CCOc1cccc(C=C(C#N)c2ccc(C(F)(F)F)cn2)c1. The third-order valence-corrected chi connectivity index (χ3v) is 2.97. The van der Waals surface area contributed by atoms with Gasteiger partial charge in [0.2, 0.25) is 0 Å². The topological polar surface area (TPSA) is 45.9 Å². The van der Waals surface area contributed by atoms with Crippen LogP contribution < -0.4 is 4.74 Å². The van der Waals surface area contributed by atoms with Crippen molar-refractivity contribution in [3.8, 4) is 11.8 Å². The van der Waals surface area contributed by atoms with Crippen molar-refractivity contribution in [1.82, 2.24) is 4.98 Å². The number of aromatic nitrogens is 1. The molecule has 118 valence electrons. The van der Waals surface area contributed by atoms with Gasteiger partial charge in [-0.05, 0) is 42.8 Å². The van der Waals surface area contributed by atoms with Crippen molar-refractivity contribution in [3.63, 3.8) is 0 Å². The zero-order chi connectivity index (χ0) is 16.9. The molecule has 2 rings (SSSR count). The average Bonchev–Trinajstić information content (AvgIpc) is 2.53. The van der Waals surface area contributed by atoms with Gasteiger partial charge in [0.25, 0.3) is 0 Å². The molecule has 1 aromatic heterocycles. The Balaban J connectivity index is 2.32. The summed E-state index contributed by atoms with van der Waals surface area (Å²) < 4.78 is 43.0. The molecule has 2 aromatic rings. The normalized spacial score (nSPS) is 11.9. The number of pyridine rings is 1. The lowest BCUT2D eigenvalue weighted by molar-refractivity contribution is -0.137. The first-order valence-corrected chi connectivity index (χ1v) is 6.82. The molecule has 0 amide bonds. The first-order valence-electron chi connectivity index (χ1n) is 6.82. The van der Waals surface area contributed by atoms with Gasteiger partial charge < -0.3 is 4.74 Å². The molecule has 0 unspecified atom stereocenters. The number of ether oxygens (including phenoxy) is 1. The van der Waals surface area contributed by atoms with Crippen LogP contribution in [0.1, 0.15) is 23.7 Å². The van der Waals surface area contributed by atoms with Gasteiger partial charge in [0.15, 0.2) is 0 Å². The predicted octanol–water partition coefficient (Wildman–Crippen LogP) is 4.56. The summed E-state index contributed by atoms with van der Waals surface area (Å²) in [6.45, 7) is 2.37. The van der Waals surface area contributed by atoms with Gasteiger partial charge in [0.05, 0.1) is 23.4 Å². The van der Waals surface area contributed by atoms with Crippen molar-refractivity contribution >= 4 is 11.6 Å². The molecule has 23 heavy (non-hydrogen) atoms. The lowest BCUT2D eigenvalue weighted by Gasteiger charge is -2.07. The number of hydrogen-bond acceptors (Lipinski definition) is 3. The molecule has 0 N–H and O–H groups in total. The van der Waals surface area contributed by atoms with Crippen LogP contribution in [0, 0.1) is 11.3 Å². The fourth-order valence-electron chi connectivity index (χ4n) is 1.91. The monoisotopic (exact) mass is 318 g/mol. The number of alkyl halides is 3. The molecule has 0 fully saturated rings. The Hall–Kier alpha value is -2.81. The second kappa shape index (κ2) is 6.97. The first-order chi connectivity index (χ1) is 10.9. The van der Waals surface area contributed by atoms with E-state index in [4.69, 9.17) is 4.74 Å². The number of nitriles is 1. The number of hydrogen-bond donors (Lipinski definition) is 0. The molecule has 1 heterocycles. The van der Waals surface area contributed by atoms with Crippen molar-refractivity contribution < 1.29 is 17.9 Å². The lowest BCUT2D eigenvalue weighted by atomic mass is 10.1. The molecule has 0 saturated carbocycles. The highest BCUT2D eigenvalue weighted by Gasteiger charge is 2.30. The number of allylic oxidation sites excluding steroid dienone is 1. The van der Waals surface area contributed by atoms with Crippen LogP contribution in [-0.4, -0.2) is 11.6 Å². The average molecular weight is 318 g/mol. The Morgan fingerprint density at radius 1 is 1.30 bits per heavy atom. The molecule has 0 bridgehead atoms. The molecular weight excluding hydrogens is 305 g/mol. The van der Waals surface area contributed by atoms with Crippen LogP contribution in [-0.2, 0) is 6.18 Å². The van der Waals surface area contributed by atoms with Gasteiger partial charge in [-0.1, -0.05) is 12.1 Å². The summed E-state index contributed by atoms with van der Waals surface area (Å²) in [5, 5.41) is 9.23. The molecule has 0 aliphatic heterocycles. The number of nitrogens with zero attached hydrogens (tertiary/aromatic N) is 2. The minimum atomic E-state index is -4.45. The van der Waals surface area contributed by atoms with Crippen molar-refractivity contribution in [2.45, 2.75) is 13.1 Å². The summed E-state index contributed by atoms with van der Waals surface area (Å²) in [7, 11) is 0. The van der Waals surface area contributed by atoms with E-state index in [0.717, 1.165) is 12.3 Å². The van der Waals surface area contributed by atoms with Crippen molar-refractivity contribution in [2.75, 3.05) is 6.61 Å². The van der Waals surface area contributed by atoms with Crippen LogP contribution in [0.2, 0.25) is 0 Å². The van der Waals surface area contributed by atoms with E-state index in [0.29, 0.717) is 17.9 Å². The Morgan fingerprint density at radius 3 is 2.65 bits per heavy atom. The van der Waals surface area contributed by atoms with Gasteiger partial charge in [-0.15, -0.1) is 0 Å². The largest absolute Gasteiger partial charge is 0.494 e. The van der Waals surface area contributed by atoms with Crippen LogP contribution >= 0.6 is 0 Å². The highest BCUT2D eigenvalue weighted by Crippen LogP contribution is 2.29. The van der Waals surface area contributed by atoms with E-state index in [9.17, 15) is 18.4 Å². The number of halogens is 3. The fourth-order valence-corrected chi connectivity index (χ4v) is 1.91. The van der Waals surface area contributed by atoms with Gasteiger partial charge >= 0.3 is 6.18 Å². The molecule has 0 radical (unpaired) electrons. The summed E-state index contributed by atoms with van der Waals surface area (Å²) in [6.07, 6.45) is -2.18. The maximum Gasteiger partial charge on any atom is 0.417 e. The molecule has 0 spiro atoms. The van der Waals surface area contributed by atoms with E-state index < -0.39 is 11.7 Å². The van der Waals surface area contributed by atoms with Gasteiger partial charge in [0.1, 0.15) is 11.8 Å². The Kier molecular flexibility index (Phi) is 5.02. The smallest absolute Gasteiger partial charge is 0.417 e. The molecular formula is C17H13F3N2O. The molecule has 1 aromatic carbocycles. The second-order valence-electron chi connectivity index (χ2n) is 4.61. The highest BCUT2D eigenvalue weighted by molar-refractivity contribution is 5.88. The Labute approximate surface area is 131 Å². The molecule has 0 aliphatic carbocycles. The van der Waals surface area contributed by atoms with Crippen molar-refractivity contribution in [1.29, 1.82) is 5.26 Å². The van der Waals surface area contributed by atoms with Crippen molar-refractivity contribution in [3.05, 3.63) is 59.4 Å². The summed E-state index contributed by atoms with van der Waals surface area (Å²) in [5.74, 6) is 0.652. The third-order valence-electron chi connectivity index (χ3n) is 2.97. The van der Waals surface area contributed by atoms with Crippen molar-refractivity contribution in [2.24, 2.45) is 0 Å². The molecule has 0 atom stereocenters. The molecule has 3 nitrogen and oxygen atoms in total. The van der Waals surface area contributed by atoms with Crippen LogP contribution in [0.4, 0.5) is 13.2 Å². The summed E-state index contributed by atoms with van der Waals surface area (Å²) in [6, 6.07) is 11.1. The van der Waals surface area contributed by atoms with E-state index >= 15 is 0 Å². The van der Waals surface area contributed by atoms with E-state index in [-0.39, 0.29) is 11.3 Å². The van der Waals surface area contributed by atoms with Gasteiger partial charge in [-0.2, -0.15) is 18.4 Å². The zero-order valence-electron chi connectivity index (χ0n) is 12.3. The molecule has 0 saturated heterocycles. The Bertz CT molecular complexity index is 744. The minimum absolute atomic E-state index is 0.173. The molecule has 0 aliphatic rings. The van der Waals surface area contributed by atoms with Gasteiger partial charge in [-0.25, -0.2) is 0 Å². The van der Waals surface area contributed by atoms with Gasteiger partial charge in [0, 0.05) is 6.20 Å². The Morgan fingerprint density at radius 2 is 2.09 bits per heavy atom. The van der Waals surface area contributed by atoms with Gasteiger partial charge in [-0.3, -0.25) is 4.98 Å². The quantitative estimate of drug-likeness (QED) is 0.776. The van der Waals surface area contributed by atoms with Crippen LogP contribution in [0.3, 0.4) is 0 Å². The zero-order valence-corrected chi connectivity index (χ0v) is 12.3. The third kappa shape index (κ3) is 4.33. The summed E-state index contributed by atoms with van der Waals surface area (Å²) in [5.41, 5.74) is 0.209. The first kappa shape index (κ1) is 16.6. The van der Waals surface area contributed by atoms with E-state index in [1.807, 2.05) is 13.0 Å². The van der Waals surface area contributed by atoms with E-state index in [2.05, 4.69) is 4.98 Å². The lowest BCUT2D eigenvalue weighted by Crippen LogP contribution is -2.05. The number of rotatable bonds is 4. The summed E-state index contributed by atoms with van der Waals surface area (Å²) >= 11 is 0. The summed E-state index contributed by atoms with van der Waals surface area (Å²) in [4.78, 5) is 3.73. The highest BCUT2D eigenvalue weighted by atomic mass is 19.4. The predicted molar refractivity (Wildman–Crippen MR) is 80.3 cm³/mol. The standard InChI is InChI=1S/C17H13F3N2O/c1-2-23-15-5-3-4-12(9-15)8-13(10-21)16-7-6-14(11-22-16)17(18,19)20/h3-9,11H,2H2,1H3.